The predicted octanol–water partition coefficient (Wildman–Crippen LogP) is 1.15. The average Bonchev–Trinajstić information content (AvgIpc) is 3.30. The van der Waals surface area contributed by atoms with Crippen molar-refractivity contribution in [2.45, 2.75) is 48.5 Å². The Morgan fingerprint density at radius 3 is 2.44 bits per heavy atom. The molecule has 12 nitrogen and oxygen atoms in total. The van der Waals surface area contributed by atoms with Crippen molar-refractivity contribution < 1.29 is 27.9 Å². The van der Waals surface area contributed by atoms with Gasteiger partial charge in [-0.15, -0.1) is 11.8 Å². The van der Waals surface area contributed by atoms with Gasteiger partial charge in [0.1, 0.15) is 12.1 Å². The van der Waals surface area contributed by atoms with E-state index in [0.717, 1.165) is 4.31 Å². The third kappa shape index (κ3) is 8.18. The SMILES string of the molecule is CC1SC[C@@H](C(=O)N[C@@H](Cc2ccc(NC(=O)CCCNC(=N)N)cc2)C(=O)O)N1S(=O)(=O)c1ccccc1. The molecule has 2 aromatic carbocycles. The van der Waals surface area contributed by atoms with Gasteiger partial charge < -0.3 is 26.8 Å². The molecule has 1 fully saturated rings. The molecule has 3 atom stereocenters. The standard InChI is InChI=1S/C25H32N6O6S2/c1-16-31(39(36,37)19-6-3-2-4-7-19)21(15-38-16)23(33)30-20(24(34)35)14-17-9-11-18(12-10-17)29-22(32)8-5-13-28-25(26)27/h2-4,6-7,9-12,16,20-21H,5,8,13-15H2,1H3,(H,29,32)(H,30,33)(H,34,35)(H4,26,27,28)/t16?,20-,21-/m0/s1. The number of carbonyl (C=O) groups excluding carboxylic acids is 2. The van der Waals surface area contributed by atoms with Gasteiger partial charge in [-0.1, -0.05) is 30.3 Å². The summed E-state index contributed by atoms with van der Waals surface area (Å²) in [5.74, 6) is -2.11. The van der Waals surface area contributed by atoms with Crippen LogP contribution in [0.3, 0.4) is 0 Å². The summed E-state index contributed by atoms with van der Waals surface area (Å²) in [4.78, 5) is 37.2. The van der Waals surface area contributed by atoms with Gasteiger partial charge >= 0.3 is 5.97 Å². The van der Waals surface area contributed by atoms with E-state index in [1.54, 1.807) is 49.4 Å². The normalized spacial score (nSPS) is 18.2. The van der Waals surface area contributed by atoms with Crippen molar-refractivity contribution in [2.75, 3.05) is 17.6 Å². The Morgan fingerprint density at radius 2 is 1.82 bits per heavy atom. The number of benzene rings is 2. The molecule has 3 rings (SSSR count). The highest BCUT2D eigenvalue weighted by molar-refractivity contribution is 8.01. The quantitative estimate of drug-likeness (QED) is 0.122. The molecule has 0 aromatic heterocycles. The molecule has 1 unspecified atom stereocenters. The number of amides is 2. The molecule has 1 saturated heterocycles. The van der Waals surface area contributed by atoms with Crippen LogP contribution in [0.1, 0.15) is 25.3 Å². The molecule has 0 saturated carbocycles. The Hall–Kier alpha value is -3.62. The van der Waals surface area contributed by atoms with E-state index >= 15 is 0 Å². The Kier molecular flexibility index (Phi) is 10.3. The van der Waals surface area contributed by atoms with Crippen molar-refractivity contribution in [1.82, 2.24) is 14.9 Å². The summed E-state index contributed by atoms with van der Waals surface area (Å²) in [6.07, 6.45) is 0.683. The molecule has 7 N–H and O–H groups in total. The van der Waals surface area contributed by atoms with Crippen LogP contribution in [0, 0.1) is 5.41 Å². The number of carboxylic acid groups (broad SMARTS) is 1. The molecule has 0 bridgehead atoms. The fraction of sp³-hybridized carbons (Fsp3) is 0.360. The van der Waals surface area contributed by atoms with Gasteiger partial charge in [-0.3, -0.25) is 15.0 Å². The molecule has 2 amide bonds. The number of guanidine groups is 1. The first-order valence-corrected chi connectivity index (χ1v) is 14.7. The number of anilines is 1. The van der Waals surface area contributed by atoms with Crippen molar-refractivity contribution >= 4 is 51.2 Å². The van der Waals surface area contributed by atoms with Gasteiger partial charge in [-0.2, -0.15) is 4.31 Å². The minimum Gasteiger partial charge on any atom is -0.480 e. The van der Waals surface area contributed by atoms with Crippen molar-refractivity contribution in [3.05, 3.63) is 60.2 Å². The summed E-state index contributed by atoms with van der Waals surface area (Å²) in [7, 11) is -3.97. The summed E-state index contributed by atoms with van der Waals surface area (Å²) < 4.78 is 27.6. The van der Waals surface area contributed by atoms with E-state index in [4.69, 9.17) is 11.1 Å². The number of nitrogens with one attached hydrogen (secondary N) is 4. The second kappa shape index (κ2) is 13.4. The van der Waals surface area contributed by atoms with Gasteiger partial charge in [0.05, 0.1) is 10.3 Å². The van der Waals surface area contributed by atoms with Crippen LogP contribution in [0.4, 0.5) is 5.69 Å². The highest BCUT2D eigenvalue weighted by Crippen LogP contribution is 2.34. The number of carboxylic acids is 1. The zero-order valence-corrected chi connectivity index (χ0v) is 22.9. The number of sulfonamides is 1. The number of hydrogen-bond donors (Lipinski definition) is 6. The van der Waals surface area contributed by atoms with Crippen LogP contribution in [-0.4, -0.2) is 71.3 Å². The van der Waals surface area contributed by atoms with E-state index in [1.165, 1.54) is 23.9 Å². The van der Waals surface area contributed by atoms with Crippen molar-refractivity contribution in [3.8, 4) is 0 Å². The van der Waals surface area contributed by atoms with Gasteiger partial charge in [0.2, 0.25) is 21.8 Å². The van der Waals surface area contributed by atoms with Gasteiger partial charge in [0.15, 0.2) is 5.96 Å². The van der Waals surface area contributed by atoms with Gasteiger partial charge in [0.25, 0.3) is 0 Å². The van der Waals surface area contributed by atoms with Gasteiger partial charge in [-0.25, -0.2) is 13.2 Å². The molecule has 0 aliphatic carbocycles. The summed E-state index contributed by atoms with van der Waals surface area (Å²) in [6.45, 7) is 2.09. The molecule has 0 spiro atoms. The molecule has 1 aliphatic rings. The van der Waals surface area contributed by atoms with Crippen LogP contribution in [0.15, 0.2) is 59.5 Å². The lowest BCUT2D eigenvalue weighted by molar-refractivity contribution is -0.142. The van der Waals surface area contributed by atoms with E-state index in [9.17, 15) is 27.9 Å². The third-order valence-corrected chi connectivity index (χ3v) is 9.32. The van der Waals surface area contributed by atoms with Crippen LogP contribution in [-0.2, 0) is 30.8 Å². The fourth-order valence-electron chi connectivity index (χ4n) is 4.02. The largest absolute Gasteiger partial charge is 0.480 e. The van der Waals surface area contributed by atoms with E-state index in [0.29, 0.717) is 24.2 Å². The highest BCUT2D eigenvalue weighted by Gasteiger charge is 2.45. The van der Waals surface area contributed by atoms with Crippen LogP contribution >= 0.6 is 11.8 Å². The van der Waals surface area contributed by atoms with Crippen LogP contribution in [0.2, 0.25) is 0 Å². The lowest BCUT2D eigenvalue weighted by atomic mass is 10.0. The predicted molar refractivity (Wildman–Crippen MR) is 149 cm³/mol. The summed E-state index contributed by atoms with van der Waals surface area (Å²) in [6, 6.07) is 12.0. The first-order valence-electron chi connectivity index (χ1n) is 12.2. The Labute approximate surface area is 231 Å². The van der Waals surface area contributed by atoms with Gasteiger partial charge in [-0.05, 0) is 43.2 Å². The fourth-order valence-corrected chi connectivity index (χ4v) is 7.35. The summed E-state index contributed by atoms with van der Waals surface area (Å²) in [5, 5.41) is 24.2. The van der Waals surface area contributed by atoms with E-state index in [-0.39, 0.29) is 35.4 Å². The van der Waals surface area contributed by atoms with Crippen LogP contribution < -0.4 is 21.7 Å². The molecule has 210 valence electrons. The zero-order chi connectivity index (χ0) is 28.6. The van der Waals surface area contributed by atoms with E-state index in [1.807, 2.05) is 0 Å². The van der Waals surface area contributed by atoms with E-state index < -0.39 is 39.4 Å². The molecule has 1 aliphatic heterocycles. The van der Waals surface area contributed by atoms with Crippen molar-refractivity contribution in [3.63, 3.8) is 0 Å². The molecular formula is C25H32N6O6S2. The number of nitrogens with zero attached hydrogens (tertiary/aromatic N) is 1. The molecule has 0 radical (unpaired) electrons. The lowest BCUT2D eigenvalue weighted by Gasteiger charge is -2.27. The number of aliphatic carboxylic acids is 1. The van der Waals surface area contributed by atoms with Crippen molar-refractivity contribution in [2.24, 2.45) is 5.73 Å². The maximum Gasteiger partial charge on any atom is 0.326 e. The van der Waals surface area contributed by atoms with Crippen LogP contribution in [0.25, 0.3) is 0 Å². The summed E-state index contributed by atoms with van der Waals surface area (Å²) >= 11 is 1.30. The topological polar surface area (TPSA) is 195 Å². The first-order chi connectivity index (χ1) is 18.5. The van der Waals surface area contributed by atoms with E-state index in [2.05, 4.69) is 16.0 Å². The lowest BCUT2D eigenvalue weighted by Crippen LogP contribution is -2.53. The molecule has 2 aromatic rings. The zero-order valence-electron chi connectivity index (χ0n) is 21.3. The van der Waals surface area contributed by atoms with Crippen molar-refractivity contribution in [1.29, 1.82) is 5.41 Å². The number of thioether (sulfide) groups is 1. The van der Waals surface area contributed by atoms with Crippen LogP contribution in [0.5, 0.6) is 0 Å². The number of rotatable bonds is 12. The number of hydrogen-bond acceptors (Lipinski definition) is 7. The Balaban J connectivity index is 1.62. The minimum absolute atomic E-state index is 0.0349. The van der Waals surface area contributed by atoms with Gasteiger partial charge in [0, 0.05) is 30.8 Å². The number of carbonyl (C=O) groups is 3. The molecule has 39 heavy (non-hydrogen) atoms. The maximum atomic E-state index is 13.2. The second-order valence-electron chi connectivity index (χ2n) is 8.89. The maximum absolute atomic E-state index is 13.2. The molecule has 14 heteroatoms. The second-order valence-corrected chi connectivity index (χ2v) is 12.1. The number of nitrogens with two attached hydrogens (primary N) is 1. The Bertz CT molecular complexity index is 1290. The molecule has 1 heterocycles. The average molecular weight is 577 g/mol. The first kappa shape index (κ1) is 29.9. The monoisotopic (exact) mass is 576 g/mol. The third-order valence-electron chi connectivity index (χ3n) is 5.97. The highest BCUT2D eigenvalue weighted by atomic mass is 32.2. The minimum atomic E-state index is -3.97. The smallest absolute Gasteiger partial charge is 0.326 e. The summed E-state index contributed by atoms with van der Waals surface area (Å²) in [5.41, 5.74) is 6.33. The Morgan fingerprint density at radius 1 is 1.15 bits per heavy atom. The molecular weight excluding hydrogens is 544 g/mol.